The Morgan fingerprint density at radius 1 is 1.26 bits per heavy atom. The van der Waals surface area contributed by atoms with Crippen LogP contribution < -0.4 is 10.6 Å². The largest absolute Gasteiger partial charge is 0.480 e. The third kappa shape index (κ3) is 6.38. The van der Waals surface area contributed by atoms with Gasteiger partial charge in [0.2, 0.25) is 11.8 Å². The molecule has 10 heteroatoms. The van der Waals surface area contributed by atoms with E-state index in [1.807, 2.05) is 44.4 Å². The molecule has 0 aliphatic carbocycles. The Kier molecular flexibility index (Phi) is 9.12. The third-order valence-corrected chi connectivity index (χ3v) is 6.70. The van der Waals surface area contributed by atoms with Gasteiger partial charge in [-0.1, -0.05) is 38.1 Å². The van der Waals surface area contributed by atoms with Gasteiger partial charge in [-0.05, 0) is 35.5 Å². The maximum absolute atomic E-state index is 13.8. The van der Waals surface area contributed by atoms with Crippen LogP contribution in [0.15, 0.2) is 36.8 Å². The molecule has 0 saturated heterocycles. The summed E-state index contributed by atoms with van der Waals surface area (Å²) in [5.74, 6) is -1.10. The van der Waals surface area contributed by atoms with Crippen LogP contribution in [0.25, 0.3) is 0 Å². The standard InChI is InChI=1S/C24H33N5O4S/c1-15(2)21(26-12-18-11-25-14-27-18)23(31)29-13-17-7-5-4-6-16(17)10-20(29)22(30)28-19(24(32)33)8-9-34-3/h4-7,11,14-15,19-21,26H,8-10,12-13H2,1-3H3,(H,25,27)(H,28,30)(H,32,33)/t19-,20-,21-/m0/s1. The second-order valence-corrected chi connectivity index (χ2v) is 9.80. The van der Waals surface area contributed by atoms with E-state index in [0.717, 1.165) is 16.8 Å². The van der Waals surface area contributed by atoms with Gasteiger partial charge >= 0.3 is 5.97 Å². The zero-order chi connectivity index (χ0) is 24.7. The molecule has 0 unspecified atom stereocenters. The number of hydrogen-bond acceptors (Lipinski definition) is 6. The highest BCUT2D eigenvalue weighted by Crippen LogP contribution is 2.25. The maximum Gasteiger partial charge on any atom is 0.326 e. The van der Waals surface area contributed by atoms with E-state index in [9.17, 15) is 19.5 Å². The SMILES string of the molecule is CSCC[C@H](NC(=O)[C@@H]1Cc2ccccc2CN1C(=O)[C@@H](NCc1cnc[nH]1)C(C)C)C(=O)O. The quantitative estimate of drug-likeness (QED) is 0.381. The van der Waals surface area contributed by atoms with Crippen LogP contribution in [0.3, 0.4) is 0 Å². The van der Waals surface area contributed by atoms with Crippen molar-refractivity contribution in [2.75, 3.05) is 12.0 Å². The number of carboxylic acids is 1. The summed E-state index contributed by atoms with van der Waals surface area (Å²) in [5, 5.41) is 15.6. The minimum atomic E-state index is -1.07. The lowest BCUT2D eigenvalue weighted by Gasteiger charge is -2.39. The number of aliphatic carboxylic acids is 1. The smallest absolute Gasteiger partial charge is 0.326 e. The van der Waals surface area contributed by atoms with Crippen molar-refractivity contribution in [3.05, 3.63) is 53.6 Å². The number of aromatic amines is 1. The molecule has 0 radical (unpaired) electrons. The normalized spacial score (nSPS) is 17.2. The molecular weight excluding hydrogens is 454 g/mol. The van der Waals surface area contributed by atoms with Gasteiger partial charge in [0, 0.05) is 31.4 Å². The molecule has 4 N–H and O–H groups in total. The molecule has 2 amide bonds. The van der Waals surface area contributed by atoms with Crippen LogP contribution in [-0.4, -0.2) is 67.9 Å². The number of rotatable bonds is 11. The van der Waals surface area contributed by atoms with Crippen molar-refractivity contribution in [3.63, 3.8) is 0 Å². The molecule has 184 valence electrons. The van der Waals surface area contributed by atoms with E-state index in [1.165, 1.54) is 11.8 Å². The average molecular weight is 488 g/mol. The number of H-pyrrole nitrogens is 1. The molecule has 2 aromatic rings. The van der Waals surface area contributed by atoms with Crippen molar-refractivity contribution in [3.8, 4) is 0 Å². The Hall–Kier alpha value is -2.85. The van der Waals surface area contributed by atoms with Crippen LogP contribution in [0.4, 0.5) is 0 Å². The predicted octanol–water partition coefficient (Wildman–Crippen LogP) is 1.80. The van der Waals surface area contributed by atoms with E-state index in [4.69, 9.17) is 0 Å². The minimum Gasteiger partial charge on any atom is -0.480 e. The van der Waals surface area contributed by atoms with E-state index in [1.54, 1.807) is 17.4 Å². The molecule has 3 rings (SSSR count). The predicted molar refractivity (Wildman–Crippen MR) is 131 cm³/mol. The average Bonchev–Trinajstić information content (AvgIpc) is 3.34. The van der Waals surface area contributed by atoms with Crippen molar-refractivity contribution >= 4 is 29.5 Å². The monoisotopic (exact) mass is 487 g/mol. The Morgan fingerprint density at radius 2 is 2.00 bits per heavy atom. The number of carboxylic acid groups (broad SMARTS) is 1. The Morgan fingerprint density at radius 3 is 2.62 bits per heavy atom. The topological polar surface area (TPSA) is 127 Å². The number of benzene rings is 1. The van der Waals surface area contributed by atoms with Crippen LogP contribution in [0.5, 0.6) is 0 Å². The lowest BCUT2D eigenvalue weighted by atomic mass is 9.91. The summed E-state index contributed by atoms with van der Waals surface area (Å²) in [4.78, 5) is 47.4. The van der Waals surface area contributed by atoms with Gasteiger partial charge in [0.15, 0.2) is 0 Å². The Labute approximate surface area is 204 Å². The summed E-state index contributed by atoms with van der Waals surface area (Å²) < 4.78 is 0. The Balaban J connectivity index is 1.83. The number of nitrogens with zero attached hydrogens (tertiary/aromatic N) is 2. The summed E-state index contributed by atoms with van der Waals surface area (Å²) >= 11 is 1.52. The molecule has 0 saturated carbocycles. The van der Waals surface area contributed by atoms with E-state index >= 15 is 0 Å². The van der Waals surface area contributed by atoms with Gasteiger partial charge in [-0.25, -0.2) is 9.78 Å². The second-order valence-electron chi connectivity index (χ2n) is 8.82. The van der Waals surface area contributed by atoms with Crippen LogP contribution >= 0.6 is 11.8 Å². The number of carbonyl (C=O) groups is 3. The number of imidazole rings is 1. The minimum absolute atomic E-state index is 0.0235. The first-order valence-corrected chi connectivity index (χ1v) is 12.8. The molecule has 1 aliphatic rings. The zero-order valence-electron chi connectivity index (χ0n) is 19.8. The van der Waals surface area contributed by atoms with Crippen molar-refractivity contribution in [2.24, 2.45) is 5.92 Å². The fraction of sp³-hybridized carbons (Fsp3) is 0.500. The molecule has 9 nitrogen and oxygen atoms in total. The van der Waals surface area contributed by atoms with Crippen LogP contribution in [-0.2, 0) is 33.9 Å². The van der Waals surface area contributed by atoms with Gasteiger partial charge in [0.1, 0.15) is 12.1 Å². The van der Waals surface area contributed by atoms with E-state index in [-0.39, 0.29) is 11.8 Å². The van der Waals surface area contributed by atoms with Gasteiger partial charge in [0.25, 0.3) is 0 Å². The molecular formula is C24H33N5O4S. The fourth-order valence-corrected chi connectivity index (χ4v) is 4.61. The maximum atomic E-state index is 13.8. The van der Waals surface area contributed by atoms with Gasteiger partial charge in [-0.3, -0.25) is 14.9 Å². The number of amides is 2. The van der Waals surface area contributed by atoms with Crippen molar-refractivity contribution < 1.29 is 19.5 Å². The van der Waals surface area contributed by atoms with Crippen molar-refractivity contribution in [2.45, 2.75) is 57.9 Å². The summed E-state index contributed by atoms with van der Waals surface area (Å²) in [5.41, 5.74) is 2.84. The molecule has 1 aliphatic heterocycles. The summed E-state index contributed by atoms with van der Waals surface area (Å²) in [6.45, 7) is 4.65. The molecule has 1 aromatic carbocycles. The van der Waals surface area contributed by atoms with Crippen LogP contribution in [0.2, 0.25) is 0 Å². The van der Waals surface area contributed by atoms with Crippen LogP contribution in [0, 0.1) is 5.92 Å². The first-order chi connectivity index (χ1) is 16.3. The Bertz CT molecular complexity index is 982. The summed E-state index contributed by atoms with van der Waals surface area (Å²) in [7, 11) is 0. The molecule has 0 fully saturated rings. The summed E-state index contributed by atoms with van der Waals surface area (Å²) in [6.07, 6.45) is 5.83. The number of thioether (sulfide) groups is 1. The number of aromatic nitrogens is 2. The van der Waals surface area contributed by atoms with E-state index in [2.05, 4.69) is 20.6 Å². The van der Waals surface area contributed by atoms with Gasteiger partial charge < -0.3 is 20.3 Å². The zero-order valence-corrected chi connectivity index (χ0v) is 20.6. The first kappa shape index (κ1) is 25.8. The fourth-order valence-electron chi connectivity index (χ4n) is 4.14. The third-order valence-electron chi connectivity index (χ3n) is 6.06. The first-order valence-electron chi connectivity index (χ1n) is 11.4. The van der Waals surface area contributed by atoms with Crippen LogP contribution in [0.1, 0.15) is 37.1 Å². The number of hydrogen-bond donors (Lipinski definition) is 4. The van der Waals surface area contributed by atoms with E-state index < -0.39 is 30.0 Å². The second kappa shape index (κ2) is 12.0. The molecule has 2 heterocycles. The lowest BCUT2D eigenvalue weighted by Crippen LogP contribution is -2.59. The van der Waals surface area contributed by atoms with Gasteiger partial charge in [0.05, 0.1) is 12.4 Å². The molecule has 3 atom stereocenters. The number of carbonyl (C=O) groups excluding carboxylic acids is 2. The van der Waals surface area contributed by atoms with Gasteiger partial charge in [-0.15, -0.1) is 0 Å². The van der Waals surface area contributed by atoms with Crippen molar-refractivity contribution in [1.82, 2.24) is 25.5 Å². The molecule has 1 aromatic heterocycles. The lowest BCUT2D eigenvalue weighted by molar-refractivity contribution is -0.146. The highest BCUT2D eigenvalue weighted by Gasteiger charge is 2.39. The highest BCUT2D eigenvalue weighted by molar-refractivity contribution is 7.98. The van der Waals surface area contributed by atoms with Gasteiger partial charge in [-0.2, -0.15) is 11.8 Å². The number of fused-ring (bicyclic) bond motifs is 1. The number of nitrogens with one attached hydrogen (secondary N) is 3. The molecule has 0 bridgehead atoms. The molecule has 34 heavy (non-hydrogen) atoms. The van der Waals surface area contributed by atoms with E-state index in [0.29, 0.717) is 31.7 Å². The van der Waals surface area contributed by atoms with Crippen molar-refractivity contribution in [1.29, 1.82) is 0 Å². The highest BCUT2D eigenvalue weighted by atomic mass is 32.2. The summed E-state index contributed by atoms with van der Waals surface area (Å²) in [6, 6.07) is 5.45. The molecule has 0 spiro atoms.